The van der Waals surface area contributed by atoms with Crippen LogP contribution in [0.5, 0.6) is 11.5 Å². The van der Waals surface area contributed by atoms with E-state index in [-0.39, 0.29) is 11.9 Å². The van der Waals surface area contributed by atoms with Gasteiger partial charge in [-0.25, -0.2) is 4.39 Å². The molecule has 5 nitrogen and oxygen atoms in total. The molecule has 0 saturated carbocycles. The van der Waals surface area contributed by atoms with Crippen LogP contribution in [-0.2, 0) is 4.84 Å². The van der Waals surface area contributed by atoms with E-state index in [2.05, 4.69) is 21.0 Å². The van der Waals surface area contributed by atoms with E-state index in [1.54, 1.807) is 6.07 Å². The van der Waals surface area contributed by atoms with Crippen LogP contribution >= 0.6 is 0 Å². The molecule has 3 aromatic carbocycles. The standard InChI is InChI=1S/C28H30FN3O2/c29-26-13-4-5-14-28(26)32-18-16-31(17-19-32)15-7-12-25-21-27(30-34-25)22-8-6-11-24(20-22)33-23-9-2-1-3-10-23/h1-6,8-11,13-14,20,25H,7,12,15-19,21H2. The third-order valence-electron chi connectivity index (χ3n) is 6.45. The molecular formula is C28H30FN3O2. The van der Waals surface area contributed by atoms with Crippen molar-refractivity contribution in [3.63, 3.8) is 0 Å². The number of anilines is 1. The summed E-state index contributed by atoms with van der Waals surface area (Å²) in [5.41, 5.74) is 2.73. The first-order valence-corrected chi connectivity index (χ1v) is 12.0. The summed E-state index contributed by atoms with van der Waals surface area (Å²) in [6, 6.07) is 24.8. The molecule has 2 aliphatic rings. The molecule has 176 valence electrons. The molecule has 1 fully saturated rings. The van der Waals surface area contributed by atoms with Crippen LogP contribution in [0.25, 0.3) is 0 Å². The number of nitrogens with zero attached hydrogens (tertiary/aromatic N) is 3. The van der Waals surface area contributed by atoms with Crippen LogP contribution in [0.3, 0.4) is 0 Å². The second-order valence-electron chi connectivity index (χ2n) is 8.83. The highest BCUT2D eigenvalue weighted by Gasteiger charge is 2.23. The van der Waals surface area contributed by atoms with E-state index in [9.17, 15) is 4.39 Å². The van der Waals surface area contributed by atoms with Crippen molar-refractivity contribution in [1.29, 1.82) is 0 Å². The molecule has 5 rings (SSSR count). The molecule has 2 aliphatic heterocycles. The number of hydrogen-bond donors (Lipinski definition) is 0. The molecule has 1 saturated heterocycles. The zero-order valence-corrected chi connectivity index (χ0v) is 19.3. The average Bonchev–Trinajstić information content (AvgIpc) is 3.35. The summed E-state index contributed by atoms with van der Waals surface area (Å²) in [5.74, 6) is 1.48. The molecule has 34 heavy (non-hydrogen) atoms. The van der Waals surface area contributed by atoms with Gasteiger partial charge in [0.1, 0.15) is 23.4 Å². The van der Waals surface area contributed by atoms with Crippen molar-refractivity contribution in [3.05, 3.63) is 90.2 Å². The van der Waals surface area contributed by atoms with Crippen LogP contribution in [0.2, 0.25) is 0 Å². The van der Waals surface area contributed by atoms with Crippen molar-refractivity contribution in [2.45, 2.75) is 25.4 Å². The van der Waals surface area contributed by atoms with E-state index in [0.29, 0.717) is 5.69 Å². The smallest absolute Gasteiger partial charge is 0.146 e. The zero-order chi connectivity index (χ0) is 23.2. The number of halogens is 1. The summed E-state index contributed by atoms with van der Waals surface area (Å²) in [5, 5.41) is 4.36. The van der Waals surface area contributed by atoms with Crippen molar-refractivity contribution in [1.82, 2.24) is 4.90 Å². The van der Waals surface area contributed by atoms with Gasteiger partial charge in [0.2, 0.25) is 0 Å². The molecule has 0 aromatic heterocycles. The summed E-state index contributed by atoms with van der Waals surface area (Å²) >= 11 is 0. The van der Waals surface area contributed by atoms with Crippen LogP contribution in [-0.4, -0.2) is 49.4 Å². The second-order valence-corrected chi connectivity index (χ2v) is 8.83. The van der Waals surface area contributed by atoms with Crippen LogP contribution in [0, 0.1) is 5.82 Å². The molecule has 3 aromatic rings. The first kappa shape index (κ1) is 22.4. The second kappa shape index (κ2) is 10.7. The molecule has 2 heterocycles. The fourth-order valence-corrected chi connectivity index (χ4v) is 4.58. The van der Waals surface area contributed by atoms with E-state index in [4.69, 9.17) is 9.57 Å². The lowest BCUT2D eigenvalue weighted by Crippen LogP contribution is -2.47. The van der Waals surface area contributed by atoms with E-state index >= 15 is 0 Å². The molecule has 0 spiro atoms. The maximum atomic E-state index is 14.0. The number of oxime groups is 1. The van der Waals surface area contributed by atoms with Gasteiger partial charge in [-0.15, -0.1) is 0 Å². The summed E-state index contributed by atoms with van der Waals surface area (Å²) in [6.45, 7) is 4.65. The van der Waals surface area contributed by atoms with Gasteiger partial charge in [0.25, 0.3) is 0 Å². The Hall–Kier alpha value is -3.38. The predicted octanol–water partition coefficient (Wildman–Crippen LogP) is 5.71. The molecule has 0 N–H and O–H groups in total. The van der Waals surface area contributed by atoms with Crippen LogP contribution in [0.1, 0.15) is 24.8 Å². The number of para-hydroxylation sites is 2. The fourth-order valence-electron chi connectivity index (χ4n) is 4.58. The molecular weight excluding hydrogens is 429 g/mol. The molecule has 6 heteroatoms. The zero-order valence-electron chi connectivity index (χ0n) is 19.3. The molecule has 1 unspecified atom stereocenters. The fraction of sp³-hybridized carbons (Fsp3) is 0.321. The number of ether oxygens (including phenoxy) is 1. The summed E-state index contributed by atoms with van der Waals surface area (Å²) in [6.07, 6.45) is 2.97. The Morgan fingerprint density at radius 2 is 1.65 bits per heavy atom. The topological polar surface area (TPSA) is 37.3 Å². The first-order valence-electron chi connectivity index (χ1n) is 12.0. The third-order valence-corrected chi connectivity index (χ3v) is 6.45. The monoisotopic (exact) mass is 459 g/mol. The van der Waals surface area contributed by atoms with Crippen LogP contribution < -0.4 is 9.64 Å². The third kappa shape index (κ3) is 5.57. The minimum Gasteiger partial charge on any atom is -0.457 e. The van der Waals surface area contributed by atoms with E-state index in [1.807, 2.05) is 60.7 Å². The van der Waals surface area contributed by atoms with Crippen LogP contribution in [0.4, 0.5) is 10.1 Å². The Morgan fingerprint density at radius 3 is 2.47 bits per heavy atom. The van der Waals surface area contributed by atoms with Gasteiger partial charge in [0.15, 0.2) is 0 Å². The Morgan fingerprint density at radius 1 is 0.882 bits per heavy atom. The van der Waals surface area contributed by atoms with E-state index in [1.165, 1.54) is 6.07 Å². The highest BCUT2D eigenvalue weighted by atomic mass is 19.1. The van der Waals surface area contributed by atoms with Gasteiger partial charge in [-0.05, 0) is 55.8 Å². The summed E-state index contributed by atoms with van der Waals surface area (Å²) in [4.78, 5) is 10.3. The van der Waals surface area contributed by atoms with Gasteiger partial charge < -0.3 is 14.5 Å². The average molecular weight is 460 g/mol. The number of rotatable bonds is 8. The molecule has 0 amide bonds. The van der Waals surface area contributed by atoms with Crippen molar-refractivity contribution in [2.75, 3.05) is 37.6 Å². The van der Waals surface area contributed by atoms with Gasteiger partial charge in [-0.2, -0.15) is 0 Å². The summed E-state index contributed by atoms with van der Waals surface area (Å²) < 4.78 is 20.0. The Kier molecular flexibility index (Phi) is 7.05. The lowest BCUT2D eigenvalue weighted by Gasteiger charge is -2.36. The Labute approximate surface area is 200 Å². The van der Waals surface area contributed by atoms with Crippen LogP contribution in [0.15, 0.2) is 84.0 Å². The molecule has 1 atom stereocenters. The minimum atomic E-state index is -0.137. The lowest BCUT2D eigenvalue weighted by atomic mass is 10.0. The van der Waals surface area contributed by atoms with E-state index < -0.39 is 0 Å². The van der Waals surface area contributed by atoms with E-state index in [0.717, 1.165) is 74.8 Å². The lowest BCUT2D eigenvalue weighted by molar-refractivity contribution is 0.0745. The maximum Gasteiger partial charge on any atom is 0.146 e. The minimum absolute atomic E-state index is 0.119. The van der Waals surface area contributed by atoms with Crippen molar-refractivity contribution >= 4 is 11.4 Å². The van der Waals surface area contributed by atoms with Crippen molar-refractivity contribution in [2.24, 2.45) is 5.16 Å². The molecule has 0 radical (unpaired) electrons. The van der Waals surface area contributed by atoms with Crippen molar-refractivity contribution in [3.8, 4) is 11.5 Å². The van der Waals surface area contributed by atoms with Gasteiger partial charge in [-0.1, -0.05) is 47.6 Å². The highest BCUT2D eigenvalue weighted by Crippen LogP contribution is 2.26. The predicted molar refractivity (Wildman–Crippen MR) is 133 cm³/mol. The highest BCUT2D eigenvalue weighted by molar-refractivity contribution is 6.01. The Balaban J connectivity index is 1.05. The maximum absolute atomic E-state index is 14.0. The van der Waals surface area contributed by atoms with Gasteiger partial charge >= 0.3 is 0 Å². The Bertz CT molecular complexity index is 1110. The number of hydrogen-bond acceptors (Lipinski definition) is 5. The van der Waals surface area contributed by atoms with Gasteiger partial charge in [0.05, 0.1) is 11.4 Å². The molecule has 0 bridgehead atoms. The van der Waals surface area contributed by atoms with Gasteiger partial charge in [-0.3, -0.25) is 4.90 Å². The first-order chi connectivity index (χ1) is 16.7. The number of benzene rings is 3. The summed E-state index contributed by atoms with van der Waals surface area (Å²) in [7, 11) is 0. The van der Waals surface area contributed by atoms with Gasteiger partial charge in [0, 0.05) is 38.2 Å². The molecule has 0 aliphatic carbocycles. The largest absolute Gasteiger partial charge is 0.457 e. The SMILES string of the molecule is Fc1ccccc1N1CCN(CCCC2CC(c3cccc(Oc4ccccc4)c3)=NO2)CC1. The van der Waals surface area contributed by atoms with Crippen molar-refractivity contribution < 1.29 is 14.0 Å². The quantitative estimate of drug-likeness (QED) is 0.432. The number of piperazine rings is 1. The normalized spacial score (nSPS) is 18.4.